The Labute approximate surface area is 433 Å². The SMILES string of the molecule is CCC(=O)N[C@H](C(=O)N[C@@H](CCCNC(N)=O)C(=O)Nc1ccc(COC(=O)NCCNC(=O)C[C@@H]2C[C@@]3(CO3)[C@H](O)[C@@H](/C=C/C(C)=C/C[C@@H]3O[C@H](C)[C@H](NC(=O)/C=C\[C@H](C)OC(C)=O)C[C@@H]3C)O2)cc1)C(C)C. The maximum atomic E-state index is 13.4. The van der Waals surface area contributed by atoms with Gasteiger partial charge in [-0.2, -0.15) is 0 Å². The minimum Gasteiger partial charge on any atom is -0.459 e. The van der Waals surface area contributed by atoms with Crippen molar-refractivity contribution in [2.24, 2.45) is 17.6 Å². The van der Waals surface area contributed by atoms with Gasteiger partial charge in [-0.15, -0.1) is 0 Å². The third-order valence-electron chi connectivity index (χ3n) is 12.8. The van der Waals surface area contributed by atoms with E-state index in [2.05, 4.69) is 50.2 Å². The van der Waals surface area contributed by atoms with Crippen LogP contribution in [0.2, 0.25) is 0 Å². The van der Waals surface area contributed by atoms with Gasteiger partial charge < -0.3 is 71.7 Å². The van der Waals surface area contributed by atoms with Crippen LogP contribution in [0.1, 0.15) is 106 Å². The molecule has 0 radical (unpaired) electrons. The fourth-order valence-corrected chi connectivity index (χ4v) is 8.50. The molecular formula is C52H78N8O14. The quantitative estimate of drug-likeness (QED) is 0.0212. The molecule has 3 aliphatic rings. The van der Waals surface area contributed by atoms with E-state index in [4.69, 9.17) is 29.4 Å². The molecule has 74 heavy (non-hydrogen) atoms. The molecule has 8 amide bonds. The van der Waals surface area contributed by atoms with Crippen molar-refractivity contribution in [3.8, 4) is 0 Å². The summed E-state index contributed by atoms with van der Waals surface area (Å²) in [5.74, 6) is -2.47. The molecule has 3 heterocycles. The average molecular weight is 1040 g/mol. The zero-order valence-corrected chi connectivity index (χ0v) is 43.9. The highest BCUT2D eigenvalue weighted by atomic mass is 16.6. The van der Waals surface area contributed by atoms with Crippen molar-refractivity contribution in [1.29, 1.82) is 0 Å². The second-order valence-corrected chi connectivity index (χ2v) is 19.5. The highest BCUT2D eigenvalue weighted by molar-refractivity contribution is 5.98. The summed E-state index contributed by atoms with van der Waals surface area (Å²) in [6.45, 7) is 14.8. The topological polar surface area (TPSA) is 316 Å². The molecule has 0 aromatic heterocycles. The molecule has 11 atom stereocenters. The normalized spacial score (nSPS) is 24.8. The number of epoxide rings is 1. The van der Waals surface area contributed by atoms with E-state index in [1.165, 1.54) is 19.1 Å². The zero-order valence-electron chi connectivity index (χ0n) is 43.9. The van der Waals surface area contributed by atoms with Crippen LogP contribution >= 0.6 is 0 Å². The van der Waals surface area contributed by atoms with Crippen LogP contribution in [-0.2, 0) is 59.1 Å². The molecule has 0 bridgehead atoms. The maximum absolute atomic E-state index is 13.4. The standard InChI is InChI=1S/C52H78N8O14/c1-9-43(62)60-46(30(2)3)49(67)59-39(11-10-22-55-50(53)68)48(66)57-37-17-15-36(16-18-37)28-70-51(69)56-24-23-54-45(64)26-38-27-52(29-71-52)47(65)42(74-38)20-13-31(4)12-19-41-32(5)25-40(34(7)73-41)58-44(63)21-14-33(6)72-35(8)61/h12-18,20-21,30,32-34,38-42,46-47,65H,9-11,19,22-29H2,1-8H3,(H,54,64)(H,56,69)(H,57,66)(H,58,63)(H,59,67)(H,60,62)(H3,53,55,68)/b20-13+,21-14-,31-12+/t32-,33-,34+,38+,39-,40+,41-,42+,46-,47+,52+/m0/s1. The average Bonchev–Trinajstić information content (AvgIpc) is 4.12. The Hall–Kier alpha value is -6.36. The van der Waals surface area contributed by atoms with Gasteiger partial charge in [-0.25, -0.2) is 9.59 Å². The van der Waals surface area contributed by atoms with Crippen LogP contribution in [0.25, 0.3) is 0 Å². The molecule has 3 saturated heterocycles. The van der Waals surface area contributed by atoms with Gasteiger partial charge in [-0.1, -0.05) is 63.6 Å². The number of aliphatic hydroxyl groups excluding tert-OH is 1. The van der Waals surface area contributed by atoms with Gasteiger partial charge in [-0.05, 0) is 82.1 Å². The van der Waals surface area contributed by atoms with Crippen molar-refractivity contribution >= 4 is 53.3 Å². The number of hydrogen-bond acceptors (Lipinski definition) is 14. The molecule has 22 nitrogen and oxygen atoms in total. The Morgan fingerprint density at radius 1 is 0.905 bits per heavy atom. The van der Waals surface area contributed by atoms with Crippen LogP contribution in [0, 0.1) is 11.8 Å². The van der Waals surface area contributed by atoms with Crippen LogP contribution in [0.5, 0.6) is 0 Å². The Balaban J connectivity index is 1.17. The van der Waals surface area contributed by atoms with Gasteiger partial charge in [-0.3, -0.25) is 28.8 Å². The predicted octanol–water partition coefficient (Wildman–Crippen LogP) is 2.83. The third kappa shape index (κ3) is 20.5. The van der Waals surface area contributed by atoms with Gasteiger partial charge in [0.05, 0.1) is 37.4 Å². The van der Waals surface area contributed by atoms with E-state index in [1.54, 1.807) is 58.0 Å². The second-order valence-electron chi connectivity index (χ2n) is 19.5. The van der Waals surface area contributed by atoms with Crippen molar-refractivity contribution in [3.63, 3.8) is 0 Å². The Morgan fingerprint density at radius 2 is 1.61 bits per heavy atom. The van der Waals surface area contributed by atoms with Gasteiger partial charge in [0, 0.05) is 51.2 Å². The number of amides is 8. The maximum Gasteiger partial charge on any atom is 0.407 e. The zero-order chi connectivity index (χ0) is 54.5. The lowest BCUT2D eigenvalue weighted by Crippen LogP contribution is -2.54. The van der Waals surface area contributed by atoms with Crippen molar-refractivity contribution in [1.82, 2.24) is 31.9 Å². The predicted molar refractivity (Wildman–Crippen MR) is 273 cm³/mol. The van der Waals surface area contributed by atoms with Gasteiger partial charge in [0.15, 0.2) is 0 Å². The number of carbonyl (C=O) groups is 8. The van der Waals surface area contributed by atoms with Crippen LogP contribution in [0.3, 0.4) is 0 Å². The number of urea groups is 1. The first kappa shape index (κ1) is 60.2. The summed E-state index contributed by atoms with van der Waals surface area (Å²) in [7, 11) is 0. The number of allylic oxidation sites excluding steroid dienone is 2. The van der Waals surface area contributed by atoms with Crippen LogP contribution in [0.4, 0.5) is 15.3 Å². The molecule has 1 aromatic rings. The number of nitrogens with two attached hydrogens (primary N) is 1. The van der Waals surface area contributed by atoms with Gasteiger partial charge >= 0.3 is 18.1 Å². The lowest BCUT2D eigenvalue weighted by molar-refractivity contribution is -0.145. The first-order valence-corrected chi connectivity index (χ1v) is 25.4. The number of carbonyl (C=O) groups excluding carboxylic acids is 8. The van der Waals surface area contributed by atoms with Gasteiger partial charge in [0.1, 0.15) is 42.6 Å². The Bertz CT molecular complexity index is 2180. The first-order valence-electron chi connectivity index (χ1n) is 25.4. The van der Waals surface area contributed by atoms with Crippen molar-refractivity contribution < 1.29 is 67.1 Å². The summed E-state index contributed by atoms with van der Waals surface area (Å²) >= 11 is 0. The first-order chi connectivity index (χ1) is 35.1. The minimum absolute atomic E-state index is 0.0130. The van der Waals surface area contributed by atoms with E-state index in [9.17, 15) is 43.5 Å². The van der Waals surface area contributed by atoms with Gasteiger partial charge in [0.2, 0.25) is 29.5 Å². The smallest absolute Gasteiger partial charge is 0.407 e. The molecule has 10 N–H and O–H groups in total. The monoisotopic (exact) mass is 1040 g/mol. The molecular weight excluding hydrogens is 961 g/mol. The highest BCUT2D eigenvalue weighted by Crippen LogP contribution is 2.43. The number of esters is 1. The Morgan fingerprint density at radius 3 is 2.26 bits per heavy atom. The summed E-state index contributed by atoms with van der Waals surface area (Å²) in [6.07, 6.45) is 7.29. The number of alkyl carbamates (subject to hydrolysis) is 1. The number of nitrogens with one attached hydrogen (secondary N) is 7. The van der Waals surface area contributed by atoms with E-state index in [1.807, 2.05) is 19.9 Å². The molecule has 3 fully saturated rings. The lowest BCUT2D eigenvalue weighted by Gasteiger charge is -2.39. The second kappa shape index (κ2) is 29.5. The van der Waals surface area contributed by atoms with Crippen LogP contribution < -0.4 is 43.0 Å². The third-order valence-corrected chi connectivity index (χ3v) is 12.8. The highest BCUT2D eigenvalue weighted by Gasteiger charge is 2.58. The summed E-state index contributed by atoms with van der Waals surface area (Å²) in [5.41, 5.74) is 6.32. The summed E-state index contributed by atoms with van der Waals surface area (Å²) in [4.78, 5) is 98.9. The molecule has 1 aromatic carbocycles. The summed E-state index contributed by atoms with van der Waals surface area (Å²) in [5, 5.41) is 30.1. The number of hydrogen-bond donors (Lipinski definition) is 9. The Kier molecular flexibility index (Phi) is 24.0. The van der Waals surface area contributed by atoms with Crippen molar-refractivity contribution in [3.05, 3.63) is 65.8 Å². The molecule has 4 rings (SSSR count). The fourth-order valence-electron chi connectivity index (χ4n) is 8.50. The van der Waals surface area contributed by atoms with Crippen LogP contribution in [0.15, 0.2) is 60.2 Å². The molecule has 0 unspecified atom stereocenters. The summed E-state index contributed by atoms with van der Waals surface area (Å²) < 4.78 is 28.6. The lowest BCUT2D eigenvalue weighted by atomic mass is 9.87. The molecule has 410 valence electrons. The van der Waals surface area contributed by atoms with E-state index in [0.29, 0.717) is 37.1 Å². The summed E-state index contributed by atoms with van der Waals surface area (Å²) in [6, 6.07) is 3.75. The van der Waals surface area contributed by atoms with Crippen LogP contribution in [-0.4, -0.2) is 139 Å². The van der Waals surface area contributed by atoms with Gasteiger partial charge in [0.25, 0.3) is 0 Å². The van der Waals surface area contributed by atoms with E-state index in [-0.39, 0.29) is 93.3 Å². The number of ether oxygens (including phenoxy) is 5. The number of rotatable bonds is 26. The number of primary amides is 1. The molecule has 22 heteroatoms. The fraction of sp³-hybridized carbons (Fsp3) is 0.615. The minimum atomic E-state index is -1.00. The largest absolute Gasteiger partial charge is 0.459 e. The van der Waals surface area contributed by atoms with E-state index in [0.717, 1.165) is 12.0 Å². The van der Waals surface area contributed by atoms with Crippen molar-refractivity contribution in [2.75, 3.05) is 31.6 Å². The number of aliphatic hydroxyl groups is 1. The van der Waals surface area contributed by atoms with Crippen molar-refractivity contribution in [2.45, 2.75) is 167 Å². The molecule has 0 aliphatic carbocycles. The molecule has 3 aliphatic heterocycles. The number of anilines is 1. The molecule has 0 saturated carbocycles. The molecule has 1 spiro atoms. The van der Waals surface area contributed by atoms with E-state index >= 15 is 0 Å². The van der Waals surface area contributed by atoms with E-state index < -0.39 is 72.0 Å². The number of benzene rings is 1.